The maximum atomic E-state index is 12.8. The number of benzene rings is 1. The van der Waals surface area contributed by atoms with Crippen molar-refractivity contribution in [1.82, 2.24) is 4.90 Å². The Morgan fingerprint density at radius 1 is 1.35 bits per heavy atom. The normalized spacial score (nSPS) is 25.4. The summed E-state index contributed by atoms with van der Waals surface area (Å²) in [6.45, 7) is 2.16. The summed E-state index contributed by atoms with van der Waals surface area (Å²) in [6.07, 6.45) is 1.04. The fourth-order valence-electron chi connectivity index (χ4n) is 2.55. The molecule has 17 heavy (non-hydrogen) atoms. The van der Waals surface area contributed by atoms with Crippen LogP contribution in [0, 0.1) is 11.7 Å². The number of nitrogens with zero attached hydrogens (tertiary/aromatic N) is 1. The lowest BCUT2D eigenvalue weighted by atomic mass is 9.81. The first-order valence-electron chi connectivity index (χ1n) is 5.75. The predicted molar refractivity (Wildman–Crippen MR) is 69.1 cm³/mol. The van der Waals surface area contributed by atoms with E-state index in [-0.39, 0.29) is 30.7 Å². The smallest absolute Gasteiger partial charge is 0.123 e. The number of piperidine rings is 1. The van der Waals surface area contributed by atoms with Crippen LogP contribution in [0.4, 0.5) is 4.39 Å². The van der Waals surface area contributed by atoms with E-state index in [1.807, 2.05) is 12.1 Å². The van der Waals surface area contributed by atoms with Crippen molar-refractivity contribution in [1.29, 1.82) is 0 Å². The van der Waals surface area contributed by atoms with E-state index in [2.05, 4.69) is 11.9 Å². The van der Waals surface area contributed by atoms with Gasteiger partial charge in [0.25, 0.3) is 0 Å². The van der Waals surface area contributed by atoms with Crippen molar-refractivity contribution < 1.29 is 9.50 Å². The molecule has 1 heterocycles. The Kier molecular flexibility index (Phi) is 5.37. The molecule has 1 aromatic rings. The van der Waals surface area contributed by atoms with E-state index in [1.165, 1.54) is 12.1 Å². The van der Waals surface area contributed by atoms with Crippen LogP contribution in [0.2, 0.25) is 0 Å². The molecule has 1 N–H and O–H groups in total. The van der Waals surface area contributed by atoms with Crippen LogP contribution in [-0.4, -0.2) is 36.8 Å². The molecule has 4 heteroatoms. The average Bonchev–Trinajstić information content (AvgIpc) is 2.30. The molecule has 2 rings (SSSR count). The van der Waals surface area contributed by atoms with Crippen molar-refractivity contribution in [2.75, 3.05) is 26.7 Å². The molecule has 2 atom stereocenters. The second-order valence-electron chi connectivity index (χ2n) is 4.65. The first kappa shape index (κ1) is 14.4. The maximum Gasteiger partial charge on any atom is 0.123 e. The van der Waals surface area contributed by atoms with Gasteiger partial charge in [-0.1, -0.05) is 12.1 Å². The Labute approximate surface area is 108 Å². The molecular formula is C13H19ClFNO. The molecule has 1 fully saturated rings. The van der Waals surface area contributed by atoms with E-state index in [0.29, 0.717) is 5.92 Å². The van der Waals surface area contributed by atoms with Crippen LogP contribution in [0.3, 0.4) is 0 Å². The topological polar surface area (TPSA) is 23.5 Å². The highest BCUT2D eigenvalue weighted by Gasteiger charge is 2.28. The average molecular weight is 260 g/mol. The van der Waals surface area contributed by atoms with Gasteiger partial charge in [0.2, 0.25) is 0 Å². The van der Waals surface area contributed by atoms with Gasteiger partial charge in [0.15, 0.2) is 0 Å². The third-order valence-electron chi connectivity index (χ3n) is 3.47. The molecule has 1 aromatic carbocycles. The summed E-state index contributed by atoms with van der Waals surface area (Å²) < 4.78 is 12.8. The van der Waals surface area contributed by atoms with Crippen LogP contribution < -0.4 is 0 Å². The van der Waals surface area contributed by atoms with Gasteiger partial charge < -0.3 is 10.0 Å². The Hall–Kier alpha value is -0.640. The lowest BCUT2D eigenvalue weighted by Crippen LogP contribution is -2.38. The number of aliphatic hydroxyl groups excluding tert-OH is 1. The lowest BCUT2D eigenvalue weighted by molar-refractivity contribution is 0.118. The summed E-state index contributed by atoms with van der Waals surface area (Å²) in [6, 6.07) is 6.69. The molecule has 0 amide bonds. The molecule has 0 bridgehead atoms. The van der Waals surface area contributed by atoms with Gasteiger partial charge in [0.1, 0.15) is 5.82 Å². The number of rotatable bonds is 2. The van der Waals surface area contributed by atoms with Crippen LogP contribution in [0.1, 0.15) is 17.9 Å². The van der Waals surface area contributed by atoms with Crippen molar-refractivity contribution in [2.45, 2.75) is 12.3 Å². The van der Waals surface area contributed by atoms with Crippen LogP contribution in [0.25, 0.3) is 0 Å². The molecule has 0 saturated carbocycles. The molecule has 1 aliphatic heterocycles. The molecule has 2 unspecified atom stereocenters. The van der Waals surface area contributed by atoms with Crippen LogP contribution in [-0.2, 0) is 0 Å². The Balaban J connectivity index is 0.00000144. The molecule has 0 spiro atoms. The second kappa shape index (κ2) is 6.34. The number of hydrogen-bond acceptors (Lipinski definition) is 2. The summed E-state index contributed by atoms with van der Waals surface area (Å²) in [5, 5.41) is 9.39. The van der Waals surface area contributed by atoms with Crippen LogP contribution in [0.15, 0.2) is 24.3 Å². The molecule has 96 valence electrons. The summed E-state index contributed by atoms with van der Waals surface area (Å²) in [5.74, 6) is 0.434. The van der Waals surface area contributed by atoms with Gasteiger partial charge in [-0.2, -0.15) is 0 Å². The molecular weight excluding hydrogens is 241 g/mol. The highest BCUT2D eigenvalue weighted by atomic mass is 35.5. The van der Waals surface area contributed by atoms with Gasteiger partial charge in [-0.15, -0.1) is 12.4 Å². The Morgan fingerprint density at radius 3 is 2.59 bits per heavy atom. The van der Waals surface area contributed by atoms with E-state index >= 15 is 0 Å². The van der Waals surface area contributed by atoms with Gasteiger partial charge >= 0.3 is 0 Å². The Bertz CT molecular complexity index is 344. The number of aliphatic hydroxyl groups is 1. The third kappa shape index (κ3) is 3.41. The SMILES string of the molecule is CN1CCC(c2ccc(F)cc2)C(CO)C1.Cl. The summed E-state index contributed by atoms with van der Waals surface area (Å²) in [7, 11) is 2.07. The molecule has 2 nitrogen and oxygen atoms in total. The standard InChI is InChI=1S/C13H18FNO.ClH/c1-15-7-6-13(11(8-15)9-16)10-2-4-12(14)5-3-10;/h2-5,11,13,16H,6-9H2,1H3;1H. The summed E-state index contributed by atoms with van der Waals surface area (Å²) in [4.78, 5) is 2.24. The third-order valence-corrected chi connectivity index (χ3v) is 3.47. The molecule has 1 aliphatic rings. The Morgan fingerprint density at radius 2 is 2.00 bits per heavy atom. The minimum atomic E-state index is -0.197. The lowest BCUT2D eigenvalue weighted by Gasteiger charge is -2.36. The van der Waals surface area contributed by atoms with Crippen molar-refractivity contribution in [3.63, 3.8) is 0 Å². The zero-order chi connectivity index (χ0) is 11.5. The first-order chi connectivity index (χ1) is 7.70. The van der Waals surface area contributed by atoms with Gasteiger partial charge in [-0.3, -0.25) is 0 Å². The van der Waals surface area contributed by atoms with E-state index in [0.717, 1.165) is 25.1 Å². The fraction of sp³-hybridized carbons (Fsp3) is 0.538. The zero-order valence-electron chi connectivity index (χ0n) is 9.97. The summed E-state index contributed by atoms with van der Waals surface area (Å²) in [5.41, 5.74) is 1.15. The predicted octanol–water partition coefficient (Wildman–Crippen LogP) is 2.28. The minimum Gasteiger partial charge on any atom is -0.396 e. The zero-order valence-corrected chi connectivity index (χ0v) is 10.8. The molecule has 0 radical (unpaired) electrons. The first-order valence-corrected chi connectivity index (χ1v) is 5.75. The van der Waals surface area contributed by atoms with E-state index < -0.39 is 0 Å². The van der Waals surface area contributed by atoms with Gasteiger partial charge in [0.05, 0.1) is 0 Å². The fourth-order valence-corrected chi connectivity index (χ4v) is 2.55. The van der Waals surface area contributed by atoms with Crippen molar-refractivity contribution >= 4 is 12.4 Å². The van der Waals surface area contributed by atoms with Crippen LogP contribution >= 0.6 is 12.4 Å². The largest absolute Gasteiger partial charge is 0.396 e. The highest BCUT2D eigenvalue weighted by Crippen LogP contribution is 2.32. The van der Waals surface area contributed by atoms with Crippen molar-refractivity contribution in [3.05, 3.63) is 35.6 Å². The van der Waals surface area contributed by atoms with Crippen molar-refractivity contribution in [2.24, 2.45) is 5.92 Å². The van der Waals surface area contributed by atoms with E-state index in [1.54, 1.807) is 0 Å². The van der Waals surface area contributed by atoms with E-state index in [9.17, 15) is 9.50 Å². The molecule has 1 saturated heterocycles. The monoisotopic (exact) mass is 259 g/mol. The number of halogens is 2. The minimum absolute atomic E-state index is 0. The summed E-state index contributed by atoms with van der Waals surface area (Å²) >= 11 is 0. The molecule has 0 aromatic heterocycles. The number of likely N-dealkylation sites (tertiary alicyclic amines) is 1. The number of hydrogen-bond donors (Lipinski definition) is 1. The maximum absolute atomic E-state index is 12.8. The molecule has 0 aliphatic carbocycles. The quantitative estimate of drug-likeness (QED) is 0.881. The highest BCUT2D eigenvalue weighted by molar-refractivity contribution is 5.85. The van der Waals surface area contributed by atoms with Gasteiger partial charge in [-0.25, -0.2) is 4.39 Å². The van der Waals surface area contributed by atoms with Gasteiger partial charge in [0, 0.05) is 19.1 Å². The second-order valence-corrected chi connectivity index (χ2v) is 4.65. The van der Waals surface area contributed by atoms with E-state index in [4.69, 9.17) is 0 Å². The van der Waals surface area contributed by atoms with Crippen LogP contribution in [0.5, 0.6) is 0 Å². The van der Waals surface area contributed by atoms with Gasteiger partial charge in [-0.05, 0) is 43.6 Å². The van der Waals surface area contributed by atoms with Crippen molar-refractivity contribution in [3.8, 4) is 0 Å².